The second kappa shape index (κ2) is 6.36. The van der Waals surface area contributed by atoms with E-state index in [1.165, 1.54) is 6.33 Å². The molecular weight excluding hydrogens is 242 g/mol. The standard InChI is InChI=1S/C13H23N5O/c1-9-11(14-5)16-8-17-12(9)15-7-6-10(19)18-13(2,3)4/h8H,6-7H2,1-5H3,(H,18,19)(H2,14,15,16,17). The molecule has 0 saturated heterocycles. The molecule has 0 saturated carbocycles. The first kappa shape index (κ1) is 15.2. The molecular formula is C13H23N5O. The Hall–Kier alpha value is -1.85. The van der Waals surface area contributed by atoms with Gasteiger partial charge in [0.25, 0.3) is 0 Å². The lowest BCUT2D eigenvalue weighted by molar-refractivity contribution is -0.122. The van der Waals surface area contributed by atoms with Crippen molar-refractivity contribution in [2.75, 3.05) is 24.2 Å². The first-order valence-electron chi connectivity index (χ1n) is 6.37. The van der Waals surface area contributed by atoms with Crippen LogP contribution < -0.4 is 16.0 Å². The third-order valence-corrected chi connectivity index (χ3v) is 2.48. The van der Waals surface area contributed by atoms with Crippen LogP contribution >= 0.6 is 0 Å². The number of amides is 1. The molecule has 0 radical (unpaired) electrons. The number of aromatic nitrogens is 2. The average molecular weight is 265 g/mol. The molecule has 1 amide bonds. The summed E-state index contributed by atoms with van der Waals surface area (Å²) in [6.07, 6.45) is 1.91. The van der Waals surface area contributed by atoms with E-state index in [1.54, 1.807) is 0 Å². The third-order valence-electron chi connectivity index (χ3n) is 2.48. The minimum atomic E-state index is -0.193. The van der Waals surface area contributed by atoms with Crippen molar-refractivity contribution >= 4 is 17.5 Å². The Morgan fingerprint density at radius 3 is 2.47 bits per heavy atom. The molecule has 1 aromatic rings. The molecule has 19 heavy (non-hydrogen) atoms. The van der Waals surface area contributed by atoms with E-state index in [0.717, 1.165) is 17.2 Å². The largest absolute Gasteiger partial charge is 0.373 e. The summed E-state index contributed by atoms with van der Waals surface area (Å²) in [5.41, 5.74) is 0.752. The number of hydrogen-bond acceptors (Lipinski definition) is 5. The summed E-state index contributed by atoms with van der Waals surface area (Å²) in [4.78, 5) is 19.9. The van der Waals surface area contributed by atoms with Gasteiger partial charge in [-0.05, 0) is 27.7 Å². The van der Waals surface area contributed by atoms with Crippen LogP contribution in [0.3, 0.4) is 0 Å². The first-order valence-corrected chi connectivity index (χ1v) is 6.37. The van der Waals surface area contributed by atoms with Gasteiger partial charge < -0.3 is 16.0 Å². The van der Waals surface area contributed by atoms with E-state index in [4.69, 9.17) is 0 Å². The number of hydrogen-bond donors (Lipinski definition) is 3. The maximum atomic E-state index is 11.7. The molecule has 6 nitrogen and oxygen atoms in total. The second-order valence-electron chi connectivity index (χ2n) is 5.42. The predicted octanol–water partition coefficient (Wildman–Crippen LogP) is 1.54. The van der Waals surface area contributed by atoms with Crippen LogP contribution in [-0.2, 0) is 4.79 Å². The van der Waals surface area contributed by atoms with E-state index in [9.17, 15) is 4.79 Å². The summed E-state index contributed by atoms with van der Waals surface area (Å²) >= 11 is 0. The average Bonchev–Trinajstić information content (AvgIpc) is 2.29. The van der Waals surface area contributed by atoms with E-state index in [0.29, 0.717) is 13.0 Å². The quantitative estimate of drug-likeness (QED) is 0.752. The lowest BCUT2D eigenvalue weighted by atomic mass is 10.1. The highest BCUT2D eigenvalue weighted by Crippen LogP contribution is 2.17. The van der Waals surface area contributed by atoms with Gasteiger partial charge >= 0.3 is 0 Å². The molecule has 0 unspecified atom stereocenters. The van der Waals surface area contributed by atoms with E-state index < -0.39 is 0 Å². The van der Waals surface area contributed by atoms with Crippen molar-refractivity contribution < 1.29 is 4.79 Å². The van der Waals surface area contributed by atoms with E-state index in [1.807, 2.05) is 34.7 Å². The Labute approximate surface area is 114 Å². The minimum Gasteiger partial charge on any atom is -0.373 e. The zero-order chi connectivity index (χ0) is 14.5. The fourth-order valence-corrected chi connectivity index (χ4v) is 1.66. The summed E-state index contributed by atoms with van der Waals surface area (Å²) in [7, 11) is 1.82. The Morgan fingerprint density at radius 1 is 1.26 bits per heavy atom. The van der Waals surface area contributed by atoms with Crippen molar-refractivity contribution in [1.82, 2.24) is 15.3 Å². The Bertz CT molecular complexity index is 439. The van der Waals surface area contributed by atoms with Crippen molar-refractivity contribution in [1.29, 1.82) is 0 Å². The summed E-state index contributed by atoms with van der Waals surface area (Å²) in [6.45, 7) is 8.37. The van der Waals surface area contributed by atoms with Crippen LogP contribution in [0.2, 0.25) is 0 Å². The highest BCUT2D eigenvalue weighted by molar-refractivity contribution is 5.77. The number of nitrogens with one attached hydrogen (secondary N) is 3. The second-order valence-corrected chi connectivity index (χ2v) is 5.42. The molecule has 0 aliphatic heterocycles. The first-order chi connectivity index (χ1) is 8.83. The molecule has 106 valence electrons. The summed E-state index contributed by atoms with van der Waals surface area (Å²) in [5, 5.41) is 9.07. The van der Waals surface area contributed by atoms with Gasteiger partial charge in [-0.15, -0.1) is 0 Å². The van der Waals surface area contributed by atoms with Gasteiger partial charge in [-0.2, -0.15) is 0 Å². The highest BCUT2D eigenvalue weighted by Gasteiger charge is 2.13. The molecule has 0 atom stereocenters. The molecule has 0 fully saturated rings. The summed E-state index contributed by atoms with van der Waals surface area (Å²) < 4.78 is 0. The smallest absolute Gasteiger partial charge is 0.222 e. The zero-order valence-corrected chi connectivity index (χ0v) is 12.3. The monoisotopic (exact) mass is 265 g/mol. The number of carbonyl (C=O) groups is 1. The third kappa shape index (κ3) is 5.11. The molecule has 0 aromatic carbocycles. The highest BCUT2D eigenvalue weighted by atomic mass is 16.1. The zero-order valence-electron chi connectivity index (χ0n) is 12.3. The maximum absolute atomic E-state index is 11.7. The molecule has 0 spiro atoms. The minimum absolute atomic E-state index is 0.0283. The SMILES string of the molecule is CNc1ncnc(NCCC(=O)NC(C)(C)C)c1C. The van der Waals surface area contributed by atoms with E-state index >= 15 is 0 Å². The normalized spacial score (nSPS) is 11.0. The fourth-order valence-electron chi connectivity index (χ4n) is 1.66. The number of carbonyl (C=O) groups excluding carboxylic acids is 1. The molecule has 1 rings (SSSR count). The van der Waals surface area contributed by atoms with Gasteiger partial charge in [-0.3, -0.25) is 4.79 Å². The van der Waals surface area contributed by atoms with E-state index in [-0.39, 0.29) is 11.4 Å². The van der Waals surface area contributed by atoms with Crippen molar-refractivity contribution in [3.63, 3.8) is 0 Å². The van der Waals surface area contributed by atoms with Gasteiger partial charge in [0.15, 0.2) is 0 Å². The van der Waals surface area contributed by atoms with Crippen LogP contribution in [0.5, 0.6) is 0 Å². The van der Waals surface area contributed by atoms with Crippen LogP contribution in [0.15, 0.2) is 6.33 Å². The van der Waals surface area contributed by atoms with Crippen molar-refractivity contribution in [3.8, 4) is 0 Å². The van der Waals surface area contributed by atoms with Crippen LogP contribution in [0.4, 0.5) is 11.6 Å². The lowest BCUT2D eigenvalue weighted by Crippen LogP contribution is -2.41. The van der Waals surface area contributed by atoms with Crippen molar-refractivity contribution in [2.24, 2.45) is 0 Å². The molecule has 6 heteroatoms. The Balaban J connectivity index is 2.48. The van der Waals surface area contributed by atoms with Gasteiger partial charge in [0.1, 0.15) is 18.0 Å². The topological polar surface area (TPSA) is 78.9 Å². The van der Waals surface area contributed by atoms with Crippen LogP contribution in [0.25, 0.3) is 0 Å². The van der Waals surface area contributed by atoms with Gasteiger partial charge in [0.05, 0.1) is 0 Å². The molecule has 0 aliphatic rings. The summed E-state index contributed by atoms with van der Waals surface area (Å²) in [5.74, 6) is 1.57. The van der Waals surface area contributed by atoms with Crippen LogP contribution in [0, 0.1) is 6.92 Å². The van der Waals surface area contributed by atoms with Crippen LogP contribution in [-0.4, -0.2) is 35.0 Å². The lowest BCUT2D eigenvalue weighted by Gasteiger charge is -2.20. The Kier molecular flexibility index (Phi) is 5.09. The number of nitrogens with zero attached hydrogens (tertiary/aromatic N) is 2. The fraction of sp³-hybridized carbons (Fsp3) is 0.615. The van der Waals surface area contributed by atoms with Crippen molar-refractivity contribution in [2.45, 2.75) is 39.7 Å². The number of anilines is 2. The van der Waals surface area contributed by atoms with Crippen LogP contribution in [0.1, 0.15) is 32.8 Å². The predicted molar refractivity (Wildman–Crippen MR) is 77.3 cm³/mol. The summed E-state index contributed by atoms with van der Waals surface area (Å²) in [6, 6.07) is 0. The van der Waals surface area contributed by atoms with Gasteiger partial charge in [-0.25, -0.2) is 9.97 Å². The number of rotatable bonds is 5. The molecule has 1 aromatic heterocycles. The van der Waals surface area contributed by atoms with Gasteiger partial charge in [0.2, 0.25) is 5.91 Å². The Morgan fingerprint density at radius 2 is 1.89 bits per heavy atom. The maximum Gasteiger partial charge on any atom is 0.222 e. The van der Waals surface area contributed by atoms with Crippen molar-refractivity contribution in [3.05, 3.63) is 11.9 Å². The van der Waals surface area contributed by atoms with Gasteiger partial charge in [0, 0.05) is 31.1 Å². The van der Waals surface area contributed by atoms with E-state index in [2.05, 4.69) is 25.9 Å². The van der Waals surface area contributed by atoms with Gasteiger partial charge in [-0.1, -0.05) is 0 Å². The molecule has 0 aliphatic carbocycles. The molecule has 3 N–H and O–H groups in total. The molecule has 1 heterocycles. The molecule has 0 bridgehead atoms.